The first-order valence-corrected chi connectivity index (χ1v) is 9.00. The van der Waals surface area contributed by atoms with Gasteiger partial charge in [0, 0.05) is 12.7 Å². The summed E-state index contributed by atoms with van der Waals surface area (Å²) < 4.78 is 7.40. The van der Waals surface area contributed by atoms with Crippen LogP contribution in [0.2, 0.25) is 0 Å². The lowest BCUT2D eigenvalue weighted by atomic mass is 10.2. The predicted molar refractivity (Wildman–Crippen MR) is 104 cm³/mol. The molecule has 1 amide bonds. The molecule has 0 atom stereocenters. The number of aromatic nitrogens is 3. The molecule has 0 bridgehead atoms. The molecule has 6 nitrogen and oxygen atoms in total. The van der Waals surface area contributed by atoms with Gasteiger partial charge in [0.05, 0.1) is 24.1 Å². The summed E-state index contributed by atoms with van der Waals surface area (Å²) in [6, 6.07) is 13.4. The predicted octanol–water partition coefficient (Wildman–Crippen LogP) is 3.54. The molecular formula is C21H24N4O2. The fraction of sp³-hybridized carbons (Fsp3) is 0.286. The zero-order valence-corrected chi connectivity index (χ0v) is 15.8. The van der Waals surface area contributed by atoms with Crippen LogP contribution in [0, 0.1) is 12.8 Å². The monoisotopic (exact) mass is 364 g/mol. The number of hydrogen-bond donors (Lipinski definition) is 1. The maximum Gasteiger partial charge on any atom is 0.255 e. The van der Waals surface area contributed by atoms with E-state index in [0.29, 0.717) is 30.5 Å². The van der Waals surface area contributed by atoms with E-state index in [-0.39, 0.29) is 5.91 Å². The number of carbonyl (C=O) groups excluding carboxylic acids is 1. The minimum absolute atomic E-state index is 0.164. The lowest BCUT2D eigenvalue weighted by Crippen LogP contribution is -2.23. The molecule has 0 saturated heterocycles. The molecule has 0 aliphatic rings. The first-order chi connectivity index (χ1) is 13.0. The summed E-state index contributed by atoms with van der Waals surface area (Å²) in [5.74, 6) is 1.80. The van der Waals surface area contributed by atoms with Crippen molar-refractivity contribution < 1.29 is 9.53 Å². The Morgan fingerprint density at radius 1 is 1.22 bits per heavy atom. The Hall–Kier alpha value is -3.15. The number of hydrogen-bond acceptors (Lipinski definition) is 4. The molecule has 6 heteroatoms. The first kappa shape index (κ1) is 18.6. The van der Waals surface area contributed by atoms with Gasteiger partial charge in [-0.1, -0.05) is 32.0 Å². The molecule has 1 aromatic carbocycles. The second kappa shape index (κ2) is 8.49. The third kappa shape index (κ3) is 4.73. The summed E-state index contributed by atoms with van der Waals surface area (Å²) in [7, 11) is 0. The van der Waals surface area contributed by atoms with Gasteiger partial charge in [0.15, 0.2) is 5.82 Å². The summed E-state index contributed by atoms with van der Waals surface area (Å²) in [4.78, 5) is 16.8. The molecule has 3 aromatic rings. The van der Waals surface area contributed by atoms with Crippen molar-refractivity contribution in [1.29, 1.82) is 0 Å². The molecule has 27 heavy (non-hydrogen) atoms. The fourth-order valence-electron chi connectivity index (χ4n) is 2.63. The van der Waals surface area contributed by atoms with Crippen molar-refractivity contribution >= 4 is 5.91 Å². The van der Waals surface area contributed by atoms with Gasteiger partial charge in [0.25, 0.3) is 5.91 Å². The number of carbonyl (C=O) groups is 1. The van der Waals surface area contributed by atoms with Crippen molar-refractivity contribution in [2.24, 2.45) is 5.92 Å². The van der Waals surface area contributed by atoms with E-state index in [1.165, 1.54) is 0 Å². The Bertz CT molecular complexity index is 904. The minimum atomic E-state index is -0.164. The van der Waals surface area contributed by atoms with Crippen LogP contribution in [0.1, 0.15) is 35.5 Å². The molecule has 0 saturated carbocycles. The van der Waals surface area contributed by atoms with Gasteiger partial charge in [-0.05, 0) is 42.7 Å². The molecule has 1 N–H and O–H groups in total. The third-order valence-corrected chi connectivity index (χ3v) is 4.06. The molecule has 0 radical (unpaired) electrons. The first-order valence-electron chi connectivity index (χ1n) is 9.00. The summed E-state index contributed by atoms with van der Waals surface area (Å²) in [6.45, 7) is 7.17. The minimum Gasteiger partial charge on any atom is -0.493 e. The summed E-state index contributed by atoms with van der Waals surface area (Å²) in [6.07, 6.45) is 3.27. The maximum atomic E-state index is 12.6. The van der Waals surface area contributed by atoms with E-state index in [2.05, 4.69) is 29.2 Å². The highest BCUT2D eigenvalue weighted by atomic mass is 16.5. The van der Waals surface area contributed by atoms with E-state index in [4.69, 9.17) is 4.74 Å². The van der Waals surface area contributed by atoms with E-state index in [1.54, 1.807) is 17.1 Å². The number of amides is 1. The molecular weight excluding hydrogens is 340 g/mol. The number of nitrogens with one attached hydrogen (secondary N) is 1. The fourth-order valence-corrected chi connectivity index (χ4v) is 2.63. The van der Waals surface area contributed by atoms with Gasteiger partial charge in [-0.2, -0.15) is 5.10 Å². The van der Waals surface area contributed by atoms with Gasteiger partial charge in [-0.15, -0.1) is 0 Å². The van der Waals surface area contributed by atoms with E-state index in [0.717, 1.165) is 17.0 Å². The van der Waals surface area contributed by atoms with Gasteiger partial charge >= 0.3 is 0 Å². The van der Waals surface area contributed by atoms with Crippen molar-refractivity contribution in [3.8, 4) is 11.6 Å². The SMILES string of the molecule is Cc1c(C(=O)NCc2cccc(OCC(C)C)c2)cnn1-c1ccccn1. The molecule has 2 heterocycles. The third-order valence-electron chi connectivity index (χ3n) is 4.06. The van der Waals surface area contributed by atoms with Gasteiger partial charge in [0.1, 0.15) is 5.75 Å². The number of benzene rings is 1. The van der Waals surface area contributed by atoms with Crippen LogP contribution in [0.15, 0.2) is 54.9 Å². The zero-order valence-electron chi connectivity index (χ0n) is 15.8. The molecule has 2 aromatic heterocycles. The van der Waals surface area contributed by atoms with E-state index in [9.17, 15) is 4.79 Å². The average Bonchev–Trinajstić information content (AvgIpc) is 3.07. The molecule has 0 unspecified atom stereocenters. The highest BCUT2D eigenvalue weighted by Crippen LogP contribution is 2.15. The summed E-state index contributed by atoms with van der Waals surface area (Å²) in [5, 5.41) is 7.24. The molecule has 0 fully saturated rings. The van der Waals surface area contributed by atoms with Gasteiger partial charge in [-0.3, -0.25) is 4.79 Å². The normalized spacial score (nSPS) is 10.8. The molecule has 0 aliphatic heterocycles. The Balaban J connectivity index is 1.65. The van der Waals surface area contributed by atoms with Crippen LogP contribution < -0.4 is 10.1 Å². The Morgan fingerprint density at radius 3 is 2.81 bits per heavy atom. The number of nitrogens with zero attached hydrogens (tertiary/aromatic N) is 3. The summed E-state index contributed by atoms with van der Waals surface area (Å²) >= 11 is 0. The van der Waals surface area contributed by atoms with Crippen LogP contribution in [0.5, 0.6) is 5.75 Å². The smallest absolute Gasteiger partial charge is 0.255 e. The zero-order chi connectivity index (χ0) is 19.2. The van der Waals surface area contributed by atoms with Crippen LogP contribution in [0.25, 0.3) is 5.82 Å². The van der Waals surface area contributed by atoms with Crippen LogP contribution in [0.3, 0.4) is 0 Å². The van der Waals surface area contributed by atoms with Gasteiger partial charge in [0.2, 0.25) is 0 Å². The molecule has 0 spiro atoms. The second-order valence-electron chi connectivity index (χ2n) is 6.78. The van der Waals surface area contributed by atoms with Gasteiger partial charge < -0.3 is 10.1 Å². The lowest BCUT2D eigenvalue weighted by Gasteiger charge is -2.10. The Labute approximate surface area is 159 Å². The number of rotatable bonds is 7. The van der Waals surface area contributed by atoms with Crippen LogP contribution in [-0.2, 0) is 6.54 Å². The Kier molecular flexibility index (Phi) is 5.86. The van der Waals surface area contributed by atoms with E-state index in [1.807, 2.05) is 49.4 Å². The van der Waals surface area contributed by atoms with Crippen LogP contribution >= 0.6 is 0 Å². The molecule has 3 rings (SSSR count). The van der Waals surface area contributed by atoms with Crippen molar-refractivity contribution in [2.75, 3.05) is 6.61 Å². The standard InChI is InChI=1S/C21H24N4O2/c1-15(2)14-27-18-8-6-7-17(11-18)12-23-21(26)19-13-24-25(16(19)3)20-9-4-5-10-22-20/h4-11,13,15H,12,14H2,1-3H3,(H,23,26). The van der Waals surface area contributed by atoms with E-state index >= 15 is 0 Å². The lowest BCUT2D eigenvalue weighted by molar-refractivity contribution is 0.0950. The summed E-state index contributed by atoms with van der Waals surface area (Å²) in [5.41, 5.74) is 2.27. The van der Waals surface area contributed by atoms with Crippen molar-refractivity contribution in [3.05, 3.63) is 71.7 Å². The quantitative estimate of drug-likeness (QED) is 0.696. The van der Waals surface area contributed by atoms with Crippen LogP contribution in [0.4, 0.5) is 0 Å². The molecule has 0 aliphatic carbocycles. The second-order valence-corrected chi connectivity index (χ2v) is 6.78. The number of pyridine rings is 1. The highest BCUT2D eigenvalue weighted by molar-refractivity contribution is 5.95. The number of ether oxygens (including phenoxy) is 1. The van der Waals surface area contributed by atoms with Crippen molar-refractivity contribution in [1.82, 2.24) is 20.1 Å². The maximum absolute atomic E-state index is 12.6. The van der Waals surface area contributed by atoms with Gasteiger partial charge in [-0.25, -0.2) is 9.67 Å². The molecule has 140 valence electrons. The van der Waals surface area contributed by atoms with Crippen molar-refractivity contribution in [2.45, 2.75) is 27.3 Å². The highest BCUT2D eigenvalue weighted by Gasteiger charge is 2.15. The van der Waals surface area contributed by atoms with E-state index < -0.39 is 0 Å². The largest absolute Gasteiger partial charge is 0.493 e. The average molecular weight is 364 g/mol. The topological polar surface area (TPSA) is 69.0 Å². The van der Waals surface area contributed by atoms with Crippen molar-refractivity contribution in [3.63, 3.8) is 0 Å². The Morgan fingerprint density at radius 2 is 2.07 bits per heavy atom. The van der Waals surface area contributed by atoms with Crippen LogP contribution in [-0.4, -0.2) is 27.3 Å².